The minimum Gasteiger partial charge on any atom is -0.362 e. The molecule has 108 valence electrons. The van der Waals surface area contributed by atoms with Gasteiger partial charge in [0.1, 0.15) is 0 Å². The molecule has 8 nitrogen and oxygen atoms in total. The number of rotatable bonds is 4. The lowest BCUT2D eigenvalue weighted by Gasteiger charge is -2.18. The van der Waals surface area contributed by atoms with E-state index in [1.165, 1.54) is 12.1 Å². The number of nitrogens with zero attached hydrogens (tertiary/aromatic N) is 1. The Labute approximate surface area is 114 Å². The first-order valence-corrected chi connectivity index (χ1v) is 7.01. The third-order valence-electron chi connectivity index (χ3n) is 2.67. The van der Waals surface area contributed by atoms with Gasteiger partial charge in [0, 0.05) is 18.4 Å². The molecule has 2 amide bonds. The summed E-state index contributed by atoms with van der Waals surface area (Å²) >= 11 is 0. The highest BCUT2D eigenvalue weighted by Gasteiger charge is 2.32. The highest BCUT2D eigenvalue weighted by molar-refractivity contribution is 7.85. The summed E-state index contributed by atoms with van der Waals surface area (Å²) < 4.78 is 30.5. The molecule has 1 heterocycles. The van der Waals surface area contributed by atoms with Crippen LogP contribution in [0.4, 0.5) is 0 Å². The lowest BCUT2D eigenvalue weighted by Crippen LogP contribution is -2.31. The zero-order valence-corrected chi connectivity index (χ0v) is 10.9. The molecular formula is C11H11NO7S. The van der Waals surface area contributed by atoms with Crippen LogP contribution in [0.25, 0.3) is 0 Å². The Hall–Kier alpha value is -1.81. The van der Waals surface area contributed by atoms with E-state index >= 15 is 0 Å². The van der Waals surface area contributed by atoms with E-state index in [0.29, 0.717) is 5.06 Å². The number of carbonyl (C=O) groups excluding carboxylic acids is 2. The lowest BCUT2D eigenvalue weighted by molar-refractivity contribution is -0.247. The number of hydrogen-bond donors (Lipinski definition) is 2. The van der Waals surface area contributed by atoms with E-state index in [0.717, 1.165) is 12.1 Å². The maximum atomic E-state index is 11.3. The molecule has 1 fully saturated rings. The molecule has 1 aliphatic heterocycles. The highest BCUT2D eigenvalue weighted by atomic mass is 32.2. The molecule has 0 saturated carbocycles. The largest absolute Gasteiger partial charge is 0.362 e. The van der Waals surface area contributed by atoms with Gasteiger partial charge in [-0.25, -0.2) is 4.84 Å². The van der Waals surface area contributed by atoms with Gasteiger partial charge in [-0.3, -0.25) is 14.1 Å². The summed E-state index contributed by atoms with van der Waals surface area (Å²) in [5.74, 6) is -1.10. The molecule has 1 aromatic carbocycles. The van der Waals surface area contributed by atoms with Crippen molar-refractivity contribution in [2.75, 3.05) is 0 Å². The summed E-state index contributed by atoms with van der Waals surface area (Å²) in [7, 11) is -4.33. The number of aliphatic hydroxyl groups excluding tert-OH is 1. The molecular weight excluding hydrogens is 290 g/mol. The van der Waals surface area contributed by atoms with Crippen LogP contribution in [0.5, 0.6) is 0 Å². The minimum absolute atomic E-state index is 0.0211. The normalized spacial score (nSPS) is 17.6. The zero-order chi connectivity index (χ0) is 14.9. The number of hydroxylamine groups is 2. The predicted molar refractivity (Wildman–Crippen MR) is 63.4 cm³/mol. The molecule has 2 rings (SSSR count). The van der Waals surface area contributed by atoms with Gasteiger partial charge >= 0.3 is 0 Å². The van der Waals surface area contributed by atoms with E-state index in [1.54, 1.807) is 0 Å². The molecule has 0 radical (unpaired) electrons. The Balaban J connectivity index is 2.12. The maximum Gasteiger partial charge on any atom is 0.294 e. The average Bonchev–Trinajstić information content (AvgIpc) is 2.69. The third-order valence-corrected chi connectivity index (χ3v) is 3.54. The average molecular weight is 301 g/mol. The van der Waals surface area contributed by atoms with Crippen molar-refractivity contribution >= 4 is 21.9 Å². The van der Waals surface area contributed by atoms with Gasteiger partial charge in [-0.1, -0.05) is 12.1 Å². The summed E-state index contributed by atoms with van der Waals surface area (Å²) in [5, 5.41) is 10.2. The first kappa shape index (κ1) is 14.6. The van der Waals surface area contributed by atoms with Gasteiger partial charge in [0.2, 0.25) is 6.29 Å². The van der Waals surface area contributed by atoms with Crippen molar-refractivity contribution < 1.29 is 32.5 Å². The minimum atomic E-state index is -4.33. The van der Waals surface area contributed by atoms with Crippen molar-refractivity contribution in [2.24, 2.45) is 0 Å². The highest BCUT2D eigenvalue weighted by Crippen LogP contribution is 2.22. The van der Waals surface area contributed by atoms with Gasteiger partial charge in [0.25, 0.3) is 21.9 Å². The number of imide groups is 1. The molecule has 0 bridgehead atoms. The van der Waals surface area contributed by atoms with Crippen LogP contribution in [-0.4, -0.2) is 35.0 Å². The second kappa shape index (κ2) is 5.29. The van der Waals surface area contributed by atoms with Gasteiger partial charge in [0.05, 0.1) is 4.90 Å². The van der Waals surface area contributed by atoms with Gasteiger partial charge < -0.3 is 5.11 Å². The maximum absolute atomic E-state index is 11.3. The van der Waals surface area contributed by atoms with Crippen LogP contribution >= 0.6 is 0 Å². The molecule has 0 aromatic heterocycles. The quantitative estimate of drug-likeness (QED) is 0.456. The van der Waals surface area contributed by atoms with Crippen molar-refractivity contribution in [2.45, 2.75) is 24.0 Å². The van der Waals surface area contributed by atoms with E-state index in [-0.39, 0.29) is 23.3 Å². The van der Waals surface area contributed by atoms with E-state index in [4.69, 9.17) is 9.39 Å². The van der Waals surface area contributed by atoms with Gasteiger partial charge in [-0.2, -0.15) is 13.5 Å². The SMILES string of the molecule is O=C1CCC(=O)N1OC(O)c1ccc(S(=O)(=O)O)cc1. The topological polar surface area (TPSA) is 121 Å². The number of hydrogen-bond acceptors (Lipinski definition) is 6. The Morgan fingerprint density at radius 1 is 1.10 bits per heavy atom. The van der Waals surface area contributed by atoms with Crippen LogP contribution in [0.3, 0.4) is 0 Å². The van der Waals surface area contributed by atoms with Gasteiger partial charge in [-0.15, -0.1) is 0 Å². The number of aliphatic hydroxyl groups is 1. The fourth-order valence-electron chi connectivity index (χ4n) is 1.64. The van der Waals surface area contributed by atoms with E-state index < -0.39 is 28.2 Å². The smallest absolute Gasteiger partial charge is 0.294 e. The number of amides is 2. The molecule has 9 heteroatoms. The van der Waals surface area contributed by atoms with Crippen molar-refractivity contribution in [1.29, 1.82) is 0 Å². The van der Waals surface area contributed by atoms with E-state index in [1.807, 2.05) is 0 Å². The van der Waals surface area contributed by atoms with Crippen LogP contribution in [0.1, 0.15) is 24.7 Å². The van der Waals surface area contributed by atoms with E-state index in [9.17, 15) is 23.1 Å². The second-order valence-electron chi connectivity index (χ2n) is 4.08. The Kier molecular flexibility index (Phi) is 3.86. The molecule has 1 aliphatic rings. The summed E-state index contributed by atoms with van der Waals surface area (Å²) in [6.07, 6.45) is -1.56. The first-order chi connectivity index (χ1) is 9.29. The first-order valence-electron chi connectivity index (χ1n) is 5.57. The fraction of sp³-hybridized carbons (Fsp3) is 0.273. The Morgan fingerprint density at radius 3 is 2.05 bits per heavy atom. The van der Waals surface area contributed by atoms with Crippen molar-refractivity contribution in [3.63, 3.8) is 0 Å². The standard InChI is InChI=1S/C11H11NO7S/c13-9-5-6-10(14)12(9)19-11(15)7-1-3-8(4-2-7)20(16,17)18/h1-4,11,15H,5-6H2,(H,16,17,18). The van der Waals surface area contributed by atoms with Crippen LogP contribution in [-0.2, 0) is 24.5 Å². The number of benzene rings is 1. The van der Waals surface area contributed by atoms with Crippen molar-refractivity contribution in [1.82, 2.24) is 5.06 Å². The van der Waals surface area contributed by atoms with Crippen LogP contribution in [0.15, 0.2) is 29.2 Å². The number of carbonyl (C=O) groups is 2. The Bertz CT molecular complexity index is 621. The predicted octanol–water partition coefficient (Wildman–Crippen LogP) is 0.00480. The summed E-state index contributed by atoms with van der Waals surface area (Å²) in [6, 6.07) is 4.51. The lowest BCUT2D eigenvalue weighted by atomic mass is 10.2. The molecule has 1 aromatic rings. The summed E-state index contributed by atoms with van der Waals surface area (Å²) in [5.41, 5.74) is 0.130. The molecule has 0 spiro atoms. The molecule has 1 unspecified atom stereocenters. The molecule has 2 N–H and O–H groups in total. The van der Waals surface area contributed by atoms with Crippen LogP contribution in [0, 0.1) is 0 Å². The van der Waals surface area contributed by atoms with Crippen LogP contribution in [0.2, 0.25) is 0 Å². The molecule has 1 atom stereocenters. The van der Waals surface area contributed by atoms with E-state index in [2.05, 4.69) is 0 Å². The van der Waals surface area contributed by atoms with Crippen molar-refractivity contribution in [3.8, 4) is 0 Å². The van der Waals surface area contributed by atoms with Crippen molar-refractivity contribution in [3.05, 3.63) is 29.8 Å². The van der Waals surface area contributed by atoms with Gasteiger partial charge in [-0.05, 0) is 12.1 Å². The summed E-state index contributed by atoms with van der Waals surface area (Å²) in [6.45, 7) is 0. The monoisotopic (exact) mass is 301 g/mol. The Morgan fingerprint density at radius 2 is 1.60 bits per heavy atom. The molecule has 20 heavy (non-hydrogen) atoms. The second-order valence-corrected chi connectivity index (χ2v) is 5.51. The van der Waals surface area contributed by atoms with Crippen LogP contribution < -0.4 is 0 Å². The van der Waals surface area contributed by atoms with Gasteiger partial charge in [0.15, 0.2) is 0 Å². The molecule has 0 aliphatic carbocycles. The third kappa shape index (κ3) is 3.02. The summed E-state index contributed by atoms with van der Waals surface area (Å²) in [4.78, 5) is 27.1. The fourth-order valence-corrected chi connectivity index (χ4v) is 2.12. The molecule has 1 saturated heterocycles. The zero-order valence-electron chi connectivity index (χ0n) is 10.1.